The maximum atomic E-state index is 12.0. The number of anilines is 1. The van der Waals surface area contributed by atoms with Crippen molar-refractivity contribution >= 4 is 11.5 Å². The molecule has 0 unspecified atom stereocenters. The monoisotopic (exact) mass is 227 g/mol. The van der Waals surface area contributed by atoms with E-state index >= 15 is 0 Å². The molecule has 0 fully saturated rings. The second kappa shape index (κ2) is 4.09. The first-order chi connectivity index (χ1) is 8.33. The molecule has 0 amide bonds. The third kappa shape index (κ3) is 1.96. The van der Waals surface area contributed by atoms with E-state index in [0.29, 0.717) is 6.42 Å². The summed E-state index contributed by atoms with van der Waals surface area (Å²) in [7, 11) is 0. The van der Waals surface area contributed by atoms with Crippen LogP contribution in [0.4, 0.5) is 5.69 Å². The predicted octanol–water partition coefficient (Wildman–Crippen LogP) is 2.67. The van der Waals surface area contributed by atoms with Crippen molar-refractivity contribution in [1.29, 1.82) is 0 Å². The van der Waals surface area contributed by atoms with E-state index in [4.69, 9.17) is 4.42 Å². The molecule has 0 bridgehead atoms. The van der Waals surface area contributed by atoms with E-state index in [1.807, 2.05) is 24.3 Å². The Balaban J connectivity index is 1.82. The van der Waals surface area contributed by atoms with Crippen LogP contribution in [0.2, 0.25) is 0 Å². The van der Waals surface area contributed by atoms with Gasteiger partial charge >= 0.3 is 0 Å². The summed E-state index contributed by atoms with van der Waals surface area (Å²) in [4.78, 5) is 12.0. The average molecular weight is 227 g/mol. The molecule has 1 aliphatic heterocycles. The van der Waals surface area contributed by atoms with Crippen LogP contribution < -0.4 is 5.32 Å². The molecule has 1 N–H and O–H groups in total. The molecule has 0 atom stereocenters. The van der Waals surface area contributed by atoms with E-state index < -0.39 is 0 Å². The normalized spacial score (nSPS) is 13.2. The fraction of sp³-hybridized carbons (Fsp3) is 0.214. The summed E-state index contributed by atoms with van der Waals surface area (Å²) < 4.78 is 4.96. The second-order valence-corrected chi connectivity index (χ2v) is 4.28. The zero-order valence-electron chi connectivity index (χ0n) is 9.40. The van der Waals surface area contributed by atoms with Crippen LogP contribution in [-0.4, -0.2) is 12.3 Å². The summed E-state index contributed by atoms with van der Waals surface area (Å²) >= 11 is 0. The molecule has 2 aromatic rings. The molecule has 0 saturated heterocycles. The van der Waals surface area contributed by atoms with Gasteiger partial charge in [-0.25, -0.2) is 0 Å². The van der Waals surface area contributed by atoms with Gasteiger partial charge in [0.2, 0.25) is 0 Å². The standard InChI is InChI=1S/C14H13NO2/c16-14(7-10-4-6-17-9-10)12-1-2-13-11(8-12)3-5-15-13/h1-2,4,6,8-9,15H,3,5,7H2. The van der Waals surface area contributed by atoms with Gasteiger partial charge in [0.05, 0.1) is 12.5 Å². The first kappa shape index (κ1) is 10.1. The number of benzene rings is 1. The molecule has 2 heterocycles. The highest BCUT2D eigenvalue weighted by Gasteiger charge is 2.13. The van der Waals surface area contributed by atoms with Crippen LogP contribution in [0.25, 0.3) is 0 Å². The van der Waals surface area contributed by atoms with Gasteiger partial charge in [0.15, 0.2) is 5.78 Å². The van der Waals surface area contributed by atoms with Crippen LogP contribution in [-0.2, 0) is 12.8 Å². The van der Waals surface area contributed by atoms with E-state index in [9.17, 15) is 4.79 Å². The Kier molecular flexibility index (Phi) is 2.44. The lowest BCUT2D eigenvalue weighted by molar-refractivity contribution is 0.0992. The van der Waals surface area contributed by atoms with Crippen LogP contribution in [0.3, 0.4) is 0 Å². The molecule has 1 aliphatic rings. The van der Waals surface area contributed by atoms with Gasteiger partial charge in [0, 0.05) is 24.2 Å². The number of rotatable bonds is 3. The van der Waals surface area contributed by atoms with Crippen LogP contribution in [0.15, 0.2) is 41.2 Å². The van der Waals surface area contributed by atoms with Gasteiger partial charge in [-0.15, -0.1) is 0 Å². The topological polar surface area (TPSA) is 42.2 Å². The lowest BCUT2D eigenvalue weighted by Crippen LogP contribution is -2.03. The first-order valence-corrected chi connectivity index (χ1v) is 5.74. The lowest BCUT2D eigenvalue weighted by Gasteiger charge is -2.03. The number of hydrogen-bond donors (Lipinski definition) is 1. The van der Waals surface area contributed by atoms with Crippen molar-refractivity contribution in [2.45, 2.75) is 12.8 Å². The average Bonchev–Trinajstić information content (AvgIpc) is 2.97. The molecule has 1 aromatic carbocycles. The maximum Gasteiger partial charge on any atom is 0.167 e. The number of carbonyl (C=O) groups excluding carboxylic acids is 1. The SMILES string of the molecule is O=C(Cc1ccoc1)c1ccc2c(c1)CCN2. The molecular weight excluding hydrogens is 214 g/mol. The van der Waals surface area contributed by atoms with Gasteiger partial charge in [-0.05, 0) is 41.8 Å². The molecule has 3 heteroatoms. The molecule has 3 nitrogen and oxygen atoms in total. The minimum atomic E-state index is 0.140. The van der Waals surface area contributed by atoms with Crippen molar-refractivity contribution in [3.63, 3.8) is 0 Å². The van der Waals surface area contributed by atoms with E-state index in [1.165, 1.54) is 5.56 Å². The molecule has 0 spiro atoms. The van der Waals surface area contributed by atoms with Gasteiger partial charge in [-0.2, -0.15) is 0 Å². The third-order valence-electron chi connectivity index (χ3n) is 3.08. The Morgan fingerprint density at radius 1 is 1.35 bits per heavy atom. The Bertz CT molecular complexity index is 543. The van der Waals surface area contributed by atoms with Gasteiger partial charge in [-0.3, -0.25) is 4.79 Å². The van der Waals surface area contributed by atoms with Gasteiger partial charge < -0.3 is 9.73 Å². The summed E-state index contributed by atoms with van der Waals surface area (Å²) in [6, 6.07) is 7.70. The zero-order valence-corrected chi connectivity index (χ0v) is 9.40. The van der Waals surface area contributed by atoms with Crippen LogP contribution in [0.5, 0.6) is 0 Å². The van der Waals surface area contributed by atoms with Crippen molar-refractivity contribution in [3.05, 3.63) is 53.5 Å². The molecule has 0 saturated carbocycles. The molecule has 0 aliphatic carbocycles. The minimum Gasteiger partial charge on any atom is -0.472 e. The van der Waals surface area contributed by atoms with E-state index in [2.05, 4.69) is 5.32 Å². The molecule has 86 valence electrons. The predicted molar refractivity (Wildman–Crippen MR) is 65.4 cm³/mol. The number of hydrogen-bond acceptors (Lipinski definition) is 3. The van der Waals surface area contributed by atoms with E-state index in [0.717, 1.165) is 29.8 Å². The summed E-state index contributed by atoms with van der Waals surface area (Å²) in [6.07, 6.45) is 4.62. The number of furan rings is 1. The first-order valence-electron chi connectivity index (χ1n) is 5.74. The molecule has 0 radical (unpaired) electrons. The summed E-state index contributed by atoms with van der Waals surface area (Å²) in [5.41, 5.74) is 4.11. The van der Waals surface area contributed by atoms with Crippen LogP contribution in [0, 0.1) is 0 Å². The summed E-state index contributed by atoms with van der Waals surface area (Å²) in [5.74, 6) is 0.140. The van der Waals surface area contributed by atoms with Crippen molar-refractivity contribution in [3.8, 4) is 0 Å². The zero-order chi connectivity index (χ0) is 11.7. The quantitative estimate of drug-likeness (QED) is 0.820. The second-order valence-electron chi connectivity index (χ2n) is 4.28. The molecule has 17 heavy (non-hydrogen) atoms. The van der Waals surface area contributed by atoms with Crippen molar-refractivity contribution in [2.24, 2.45) is 0 Å². The number of Topliss-reactive ketones (excluding diaryl/α,β-unsaturated/α-hetero) is 1. The highest BCUT2D eigenvalue weighted by Crippen LogP contribution is 2.23. The Morgan fingerprint density at radius 2 is 2.29 bits per heavy atom. The van der Waals surface area contributed by atoms with Gasteiger partial charge in [0.25, 0.3) is 0 Å². The fourth-order valence-electron chi connectivity index (χ4n) is 2.16. The maximum absolute atomic E-state index is 12.0. The van der Waals surface area contributed by atoms with Crippen molar-refractivity contribution in [1.82, 2.24) is 0 Å². The fourth-order valence-corrected chi connectivity index (χ4v) is 2.16. The van der Waals surface area contributed by atoms with Gasteiger partial charge in [0.1, 0.15) is 0 Å². The Labute approximate surface area is 99.4 Å². The number of carbonyl (C=O) groups is 1. The smallest absolute Gasteiger partial charge is 0.167 e. The van der Waals surface area contributed by atoms with Crippen molar-refractivity contribution < 1.29 is 9.21 Å². The Morgan fingerprint density at radius 3 is 3.12 bits per heavy atom. The molecule has 3 rings (SSSR count). The highest BCUT2D eigenvalue weighted by atomic mass is 16.3. The highest BCUT2D eigenvalue weighted by molar-refractivity contribution is 5.98. The molecule has 1 aromatic heterocycles. The Hall–Kier alpha value is -2.03. The number of fused-ring (bicyclic) bond motifs is 1. The third-order valence-corrected chi connectivity index (χ3v) is 3.08. The van der Waals surface area contributed by atoms with E-state index in [-0.39, 0.29) is 5.78 Å². The number of nitrogens with one attached hydrogen (secondary N) is 1. The van der Waals surface area contributed by atoms with Crippen molar-refractivity contribution in [2.75, 3.05) is 11.9 Å². The van der Waals surface area contributed by atoms with E-state index in [1.54, 1.807) is 12.5 Å². The van der Waals surface area contributed by atoms with Gasteiger partial charge in [-0.1, -0.05) is 0 Å². The largest absolute Gasteiger partial charge is 0.472 e. The lowest BCUT2D eigenvalue weighted by atomic mass is 10.0. The minimum absolute atomic E-state index is 0.140. The summed E-state index contributed by atoms with van der Waals surface area (Å²) in [5, 5.41) is 3.29. The van der Waals surface area contributed by atoms with Crippen LogP contribution >= 0.6 is 0 Å². The molecular formula is C14H13NO2. The number of ketones is 1. The summed E-state index contributed by atoms with van der Waals surface area (Å²) in [6.45, 7) is 0.967. The van der Waals surface area contributed by atoms with Crippen LogP contribution in [0.1, 0.15) is 21.5 Å².